The molecule has 2 aromatic carbocycles. The van der Waals surface area contributed by atoms with Crippen molar-refractivity contribution in [2.45, 2.75) is 6.92 Å². The minimum Gasteiger partial charge on any atom is -0.491 e. The summed E-state index contributed by atoms with van der Waals surface area (Å²) in [5.41, 5.74) is 5.13. The molecule has 0 bridgehead atoms. The quantitative estimate of drug-likeness (QED) is 0.306. The van der Waals surface area contributed by atoms with E-state index in [0.29, 0.717) is 41.9 Å². The molecule has 2 aromatic rings. The third-order valence-corrected chi connectivity index (χ3v) is 3.98. The third-order valence-electron chi connectivity index (χ3n) is 3.52. The first kappa shape index (κ1) is 23.4. The lowest BCUT2D eigenvalue weighted by Crippen LogP contribution is -2.49. The topological polar surface area (TPSA) is 97.9 Å². The molecule has 0 spiro atoms. The van der Waals surface area contributed by atoms with E-state index in [1.165, 1.54) is 0 Å². The average Bonchev–Trinajstić information content (AvgIpc) is 2.75. The van der Waals surface area contributed by atoms with Gasteiger partial charge in [0.25, 0.3) is 11.8 Å². The van der Waals surface area contributed by atoms with E-state index in [4.69, 9.17) is 38.0 Å². The first-order valence-corrected chi connectivity index (χ1v) is 9.85. The monoisotopic (exact) mass is 451 g/mol. The molecule has 0 saturated heterocycles. The first-order chi connectivity index (χ1) is 14.5. The maximum atomic E-state index is 12.3. The second kappa shape index (κ2) is 12.6. The van der Waals surface area contributed by atoms with Gasteiger partial charge in [-0.1, -0.05) is 17.7 Å². The maximum absolute atomic E-state index is 12.3. The Morgan fingerprint density at radius 3 is 2.50 bits per heavy atom. The van der Waals surface area contributed by atoms with Crippen LogP contribution in [-0.4, -0.2) is 43.4 Å². The molecule has 0 radical (unpaired) electrons. The summed E-state index contributed by atoms with van der Waals surface area (Å²) in [6.45, 7) is 3.11. The number of amides is 2. The highest BCUT2D eigenvalue weighted by Crippen LogP contribution is 2.15. The van der Waals surface area contributed by atoms with Gasteiger partial charge in [-0.3, -0.25) is 25.8 Å². The van der Waals surface area contributed by atoms with Crippen molar-refractivity contribution >= 4 is 40.7 Å². The minimum atomic E-state index is -0.480. The fourth-order valence-corrected chi connectivity index (χ4v) is 2.41. The molecule has 8 nitrogen and oxygen atoms in total. The molecular weight excluding hydrogens is 430 g/mol. The van der Waals surface area contributed by atoms with Crippen molar-refractivity contribution < 1.29 is 23.8 Å². The largest absolute Gasteiger partial charge is 0.491 e. The number of carbonyl (C=O) groups is 2. The molecule has 2 amide bonds. The van der Waals surface area contributed by atoms with Gasteiger partial charge in [0, 0.05) is 17.2 Å². The summed E-state index contributed by atoms with van der Waals surface area (Å²) in [4.78, 5) is 24.1. The van der Waals surface area contributed by atoms with Crippen LogP contribution in [0, 0.1) is 0 Å². The van der Waals surface area contributed by atoms with Crippen LogP contribution in [-0.2, 0) is 9.53 Å². The van der Waals surface area contributed by atoms with Crippen LogP contribution < -0.4 is 25.6 Å². The van der Waals surface area contributed by atoms with Crippen LogP contribution in [0.2, 0.25) is 5.02 Å². The van der Waals surface area contributed by atoms with Gasteiger partial charge in [-0.05, 0) is 61.6 Å². The second-order valence-corrected chi connectivity index (χ2v) is 6.62. The number of nitrogens with one attached hydrogen (secondary N) is 3. The summed E-state index contributed by atoms with van der Waals surface area (Å²) in [5.74, 6) is 0.100. The summed E-state index contributed by atoms with van der Waals surface area (Å²) < 4.78 is 16.0. The number of rotatable bonds is 9. The predicted molar refractivity (Wildman–Crippen MR) is 117 cm³/mol. The molecule has 0 aromatic heterocycles. The zero-order chi connectivity index (χ0) is 21.8. The maximum Gasteiger partial charge on any atom is 0.276 e. The van der Waals surface area contributed by atoms with Crippen LogP contribution in [0.3, 0.4) is 0 Å². The van der Waals surface area contributed by atoms with Gasteiger partial charge in [0.05, 0.1) is 6.61 Å². The van der Waals surface area contributed by atoms with Crippen molar-refractivity contribution in [1.29, 1.82) is 0 Å². The number of benzene rings is 2. The van der Waals surface area contributed by atoms with Gasteiger partial charge in [0.15, 0.2) is 11.7 Å². The summed E-state index contributed by atoms with van der Waals surface area (Å²) in [6, 6.07) is 13.2. The zero-order valence-electron chi connectivity index (χ0n) is 16.3. The highest BCUT2D eigenvalue weighted by Gasteiger charge is 2.10. The van der Waals surface area contributed by atoms with Crippen molar-refractivity contribution in [1.82, 2.24) is 16.2 Å². The molecule has 0 aliphatic heterocycles. The molecule has 3 N–H and O–H groups in total. The van der Waals surface area contributed by atoms with E-state index in [1.54, 1.807) is 48.5 Å². The highest BCUT2D eigenvalue weighted by molar-refractivity contribution is 7.80. The lowest BCUT2D eigenvalue weighted by molar-refractivity contribution is -0.123. The van der Waals surface area contributed by atoms with Crippen molar-refractivity contribution in [2.24, 2.45) is 0 Å². The highest BCUT2D eigenvalue weighted by atomic mass is 35.5. The van der Waals surface area contributed by atoms with Gasteiger partial charge in [-0.25, -0.2) is 0 Å². The lowest BCUT2D eigenvalue weighted by Gasteiger charge is -2.12. The van der Waals surface area contributed by atoms with E-state index < -0.39 is 11.8 Å². The minimum absolute atomic E-state index is 0.0671. The number of ether oxygens (including phenoxy) is 3. The van der Waals surface area contributed by atoms with E-state index in [1.807, 2.05) is 6.92 Å². The fourth-order valence-electron chi connectivity index (χ4n) is 2.14. The Hall–Kier alpha value is -2.88. The molecule has 0 atom stereocenters. The third kappa shape index (κ3) is 8.64. The molecular formula is C20H22ClN3O5S. The molecule has 160 valence electrons. The Bertz CT molecular complexity index is 864. The summed E-state index contributed by atoms with van der Waals surface area (Å²) in [7, 11) is 0. The number of carbonyl (C=O) groups excluding carboxylic acids is 2. The molecule has 10 heteroatoms. The van der Waals surface area contributed by atoms with Gasteiger partial charge in [0.2, 0.25) is 0 Å². The Labute approximate surface area is 184 Å². The van der Waals surface area contributed by atoms with Crippen molar-refractivity contribution in [3.05, 3.63) is 59.1 Å². The molecule has 0 saturated carbocycles. The fraction of sp³-hybridized carbons (Fsp3) is 0.250. The van der Waals surface area contributed by atoms with E-state index in [2.05, 4.69) is 16.2 Å². The van der Waals surface area contributed by atoms with Gasteiger partial charge in [0.1, 0.15) is 18.1 Å². The standard InChI is InChI=1S/C20H22ClN3O5S/c1-2-27-10-11-28-17-5-3-4-14(12-17)19(26)22-20(30)24-23-18(25)13-29-16-8-6-15(21)7-9-16/h3-9,12H,2,10-11,13H2,1H3,(H,23,25)(H2,22,24,26,30). The van der Waals surface area contributed by atoms with Gasteiger partial charge >= 0.3 is 0 Å². The van der Waals surface area contributed by atoms with E-state index in [-0.39, 0.29) is 11.7 Å². The number of thiocarbonyl (C=S) groups is 1. The first-order valence-electron chi connectivity index (χ1n) is 9.07. The predicted octanol–water partition coefficient (Wildman–Crippen LogP) is 2.47. The van der Waals surface area contributed by atoms with Crippen LogP contribution >= 0.6 is 23.8 Å². The molecule has 0 aliphatic rings. The van der Waals surface area contributed by atoms with Crippen LogP contribution in [0.5, 0.6) is 11.5 Å². The zero-order valence-corrected chi connectivity index (χ0v) is 17.8. The van der Waals surface area contributed by atoms with Crippen LogP contribution in [0.25, 0.3) is 0 Å². The Morgan fingerprint density at radius 1 is 1.00 bits per heavy atom. The summed E-state index contributed by atoms with van der Waals surface area (Å²) >= 11 is 10.8. The second-order valence-electron chi connectivity index (χ2n) is 5.77. The van der Waals surface area contributed by atoms with E-state index in [0.717, 1.165) is 0 Å². The Balaban J connectivity index is 1.72. The van der Waals surface area contributed by atoms with Crippen molar-refractivity contribution in [3.8, 4) is 11.5 Å². The van der Waals surface area contributed by atoms with E-state index >= 15 is 0 Å². The van der Waals surface area contributed by atoms with Crippen LogP contribution in [0.15, 0.2) is 48.5 Å². The Morgan fingerprint density at radius 2 is 1.77 bits per heavy atom. The van der Waals surface area contributed by atoms with Crippen molar-refractivity contribution in [3.63, 3.8) is 0 Å². The molecule has 0 unspecified atom stereocenters. The van der Waals surface area contributed by atoms with Crippen LogP contribution in [0.4, 0.5) is 0 Å². The molecule has 0 heterocycles. The number of hydrogen-bond acceptors (Lipinski definition) is 6. The molecule has 0 aliphatic carbocycles. The van der Waals surface area contributed by atoms with E-state index in [9.17, 15) is 9.59 Å². The molecule has 2 rings (SSSR count). The Kier molecular flexibility index (Phi) is 9.85. The van der Waals surface area contributed by atoms with Gasteiger partial charge in [-0.2, -0.15) is 0 Å². The normalized spacial score (nSPS) is 10.1. The average molecular weight is 452 g/mol. The number of halogens is 1. The lowest BCUT2D eigenvalue weighted by atomic mass is 10.2. The van der Waals surface area contributed by atoms with Gasteiger partial charge in [-0.15, -0.1) is 0 Å². The number of hydrogen-bond donors (Lipinski definition) is 3. The smallest absolute Gasteiger partial charge is 0.276 e. The SMILES string of the molecule is CCOCCOc1cccc(C(=O)NC(=S)NNC(=O)COc2ccc(Cl)cc2)c1. The van der Waals surface area contributed by atoms with Crippen molar-refractivity contribution in [2.75, 3.05) is 26.4 Å². The molecule has 0 fully saturated rings. The summed E-state index contributed by atoms with van der Waals surface area (Å²) in [6.07, 6.45) is 0. The van der Waals surface area contributed by atoms with Gasteiger partial charge < -0.3 is 14.2 Å². The van der Waals surface area contributed by atoms with Crippen LogP contribution in [0.1, 0.15) is 17.3 Å². The summed E-state index contributed by atoms with van der Waals surface area (Å²) in [5, 5.41) is 2.97. The molecule has 30 heavy (non-hydrogen) atoms. The number of hydrazine groups is 1.